The number of sulfonamides is 1. The summed E-state index contributed by atoms with van der Waals surface area (Å²) in [4.78, 5) is 12.7. The van der Waals surface area contributed by atoms with Crippen molar-refractivity contribution < 1.29 is 13.2 Å². The second kappa shape index (κ2) is 8.49. The Balaban J connectivity index is 1.75. The van der Waals surface area contributed by atoms with E-state index >= 15 is 0 Å². The van der Waals surface area contributed by atoms with Crippen molar-refractivity contribution in [3.8, 4) is 0 Å². The first kappa shape index (κ1) is 20.6. The molecule has 2 N–H and O–H groups in total. The van der Waals surface area contributed by atoms with Gasteiger partial charge in [0.25, 0.3) is 15.9 Å². The fraction of sp³-hybridized carbons (Fsp3) is 0.174. The number of amides is 1. The van der Waals surface area contributed by atoms with E-state index in [0.717, 1.165) is 12.0 Å². The van der Waals surface area contributed by atoms with Gasteiger partial charge < -0.3 is 5.32 Å². The molecule has 0 spiro atoms. The Kier molecular flexibility index (Phi) is 6.03. The van der Waals surface area contributed by atoms with Gasteiger partial charge in [-0.05, 0) is 73.9 Å². The lowest BCUT2D eigenvalue weighted by Gasteiger charge is -2.12. The molecule has 5 nitrogen and oxygen atoms in total. The molecule has 1 amide bonds. The Hall–Kier alpha value is -3.12. The molecule has 3 aromatic rings. The number of benzene rings is 3. The maximum Gasteiger partial charge on any atom is 0.261 e. The molecule has 0 heterocycles. The highest BCUT2D eigenvalue weighted by Crippen LogP contribution is 2.22. The predicted octanol–water partition coefficient (Wildman–Crippen LogP) is 4.92. The highest BCUT2D eigenvalue weighted by atomic mass is 32.2. The minimum Gasteiger partial charge on any atom is -0.322 e. The zero-order valence-electron chi connectivity index (χ0n) is 16.7. The first-order chi connectivity index (χ1) is 13.8. The average molecular weight is 409 g/mol. The zero-order valence-corrected chi connectivity index (χ0v) is 17.5. The van der Waals surface area contributed by atoms with Crippen LogP contribution in [0.2, 0.25) is 0 Å². The minimum atomic E-state index is -3.69. The van der Waals surface area contributed by atoms with Gasteiger partial charge in [0.05, 0.1) is 10.6 Å². The van der Waals surface area contributed by atoms with Crippen LogP contribution in [0.5, 0.6) is 0 Å². The minimum absolute atomic E-state index is 0.194. The Labute approximate surface area is 171 Å². The van der Waals surface area contributed by atoms with Crippen LogP contribution in [0.1, 0.15) is 34.0 Å². The van der Waals surface area contributed by atoms with Crippen LogP contribution >= 0.6 is 0 Å². The summed E-state index contributed by atoms with van der Waals surface area (Å²) in [6, 6.07) is 19.2. The molecular formula is C23H24N2O3S. The lowest BCUT2D eigenvalue weighted by molar-refractivity contribution is 0.102. The highest BCUT2D eigenvalue weighted by Gasteiger charge is 2.16. The third-order valence-corrected chi connectivity index (χ3v) is 6.07. The van der Waals surface area contributed by atoms with Crippen molar-refractivity contribution in [2.45, 2.75) is 32.1 Å². The standard InChI is InChI=1S/C23H24N2O3S/c1-4-18-7-10-20(11-8-18)24-23(26)19-9-14-22(17(3)15-19)25-29(27,28)21-12-5-16(2)6-13-21/h5-15,25H,4H2,1-3H3,(H,24,26). The van der Waals surface area contributed by atoms with Crippen molar-refractivity contribution >= 4 is 27.3 Å². The number of carbonyl (C=O) groups is 1. The van der Waals surface area contributed by atoms with Gasteiger partial charge >= 0.3 is 0 Å². The summed E-state index contributed by atoms with van der Waals surface area (Å²) in [5.41, 5.74) is 4.46. The van der Waals surface area contributed by atoms with Gasteiger partial charge in [-0.25, -0.2) is 8.42 Å². The molecule has 0 saturated carbocycles. The summed E-state index contributed by atoms with van der Waals surface area (Å²) in [5.74, 6) is -0.245. The van der Waals surface area contributed by atoms with Crippen LogP contribution in [-0.4, -0.2) is 14.3 Å². The van der Waals surface area contributed by atoms with Crippen molar-refractivity contribution in [2.75, 3.05) is 10.0 Å². The molecule has 29 heavy (non-hydrogen) atoms. The Bertz CT molecular complexity index is 1120. The Morgan fingerprint density at radius 1 is 0.897 bits per heavy atom. The van der Waals surface area contributed by atoms with Gasteiger partial charge in [0, 0.05) is 11.3 Å². The molecule has 6 heteroatoms. The topological polar surface area (TPSA) is 75.3 Å². The van der Waals surface area contributed by atoms with Crippen molar-refractivity contribution in [1.29, 1.82) is 0 Å². The monoisotopic (exact) mass is 408 g/mol. The number of hydrogen-bond donors (Lipinski definition) is 2. The van der Waals surface area contributed by atoms with E-state index in [2.05, 4.69) is 17.0 Å². The van der Waals surface area contributed by atoms with E-state index in [-0.39, 0.29) is 10.8 Å². The van der Waals surface area contributed by atoms with Gasteiger partial charge in [-0.2, -0.15) is 0 Å². The molecule has 0 fully saturated rings. The van der Waals surface area contributed by atoms with Gasteiger partial charge in [-0.3, -0.25) is 9.52 Å². The second-order valence-electron chi connectivity index (χ2n) is 6.95. The molecule has 0 aliphatic carbocycles. The van der Waals surface area contributed by atoms with Crippen LogP contribution in [0.25, 0.3) is 0 Å². The second-order valence-corrected chi connectivity index (χ2v) is 8.64. The lowest BCUT2D eigenvalue weighted by Crippen LogP contribution is -2.15. The first-order valence-corrected chi connectivity index (χ1v) is 10.9. The van der Waals surface area contributed by atoms with E-state index in [4.69, 9.17) is 0 Å². The fourth-order valence-corrected chi connectivity index (χ4v) is 4.00. The maximum atomic E-state index is 12.6. The maximum absolute atomic E-state index is 12.6. The van der Waals surface area contributed by atoms with Crippen molar-refractivity contribution in [3.05, 3.63) is 89.0 Å². The van der Waals surface area contributed by atoms with E-state index < -0.39 is 10.0 Å². The number of anilines is 2. The Morgan fingerprint density at radius 2 is 1.55 bits per heavy atom. The molecule has 0 aromatic heterocycles. The lowest BCUT2D eigenvalue weighted by atomic mass is 10.1. The molecule has 0 aliphatic rings. The number of rotatable bonds is 6. The van der Waals surface area contributed by atoms with Gasteiger partial charge in [0.1, 0.15) is 0 Å². The highest BCUT2D eigenvalue weighted by molar-refractivity contribution is 7.92. The average Bonchev–Trinajstić information content (AvgIpc) is 2.70. The summed E-state index contributed by atoms with van der Waals surface area (Å²) in [7, 11) is -3.69. The van der Waals surface area contributed by atoms with Crippen LogP contribution in [0.4, 0.5) is 11.4 Å². The molecule has 0 atom stereocenters. The number of aryl methyl sites for hydroxylation is 3. The SMILES string of the molecule is CCc1ccc(NC(=O)c2ccc(NS(=O)(=O)c3ccc(C)cc3)c(C)c2)cc1. The first-order valence-electron chi connectivity index (χ1n) is 9.39. The van der Waals surface area contributed by atoms with Crippen LogP contribution in [-0.2, 0) is 16.4 Å². The molecule has 3 aromatic carbocycles. The molecular weight excluding hydrogens is 384 g/mol. The van der Waals surface area contributed by atoms with Gasteiger partial charge in [-0.1, -0.05) is 36.8 Å². The molecule has 0 aliphatic heterocycles. The van der Waals surface area contributed by atoms with Crippen LogP contribution in [0.3, 0.4) is 0 Å². The van der Waals surface area contributed by atoms with Crippen LogP contribution < -0.4 is 10.0 Å². The fourth-order valence-electron chi connectivity index (χ4n) is 2.87. The molecule has 150 valence electrons. The van der Waals surface area contributed by atoms with E-state index in [1.165, 1.54) is 5.56 Å². The molecule has 0 saturated heterocycles. The third kappa shape index (κ3) is 5.03. The summed E-state index contributed by atoms with van der Waals surface area (Å²) in [6.07, 6.45) is 0.938. The number of carbonyl (C=O) groups excluding carboxylic acids is 1. The van der Waals surface area contributed by atoms with Gasteiger partial charge in [0.2, 0.25) is 0 Å². The normalized spacial score (nSPS) is 11.1. The summed E-state index contributed by atoms with van der Waals surface area (Å²) in [6.45, 7) is 5.74. The summed E-state index contributed by atoms with van der Waals surface area (Å²) >= 11 is 0. The summed E-state index contributed by atoms with van der Waals surface area (Å²) < 4.78 is 27.8. The third-order valence-electron chi connectivity index (χ3n) is 4.68. The van der Waals surface area contributed by atoms with Crippen molar-refractivity contribution in [3.63, 3.8) is 0 Å². The van der Waals surface area contributed by atoms with E-state index in [1.54, 1.807) is 49.4 Å². The van der Waals surface area contributed by atoms with Crippen LogP contribution in [0, 0.1) is 13.8 Å². The van der Waals surface area contributed by atoms with E-state index in [9.17, 15) is 13.2 Å². The molecule has 0 radical (unpaired) electrons. The van der Waals surface area contributed by atoms with E-state index in [1.807, 2.05) is 31.2 Å². The molecule has 0 bridgehead atoms. The Morgan fingerprint density at radius 3 is 2.14 bits per heavy atom. The molecule has 3 rings (SSSR count). The smallest absolute Gasteiger partial charge is 0.261 e. The van der Waals surface area contributed by atoms with Crippen molar-refractivity contribution in [2.24, 2.45) is 0 Å². The molecule has 0 unspecified atom stereocenters. The summed E-state index contributed by atoms with van der Waals surface area (Å²) in [5, 5.41) is 2.86. The van der Waals surface area contributed by atoms with E-state index in [0.29, 0.717) is 22.5 Å². The van der Waals surface area contributed by atoms with Gasteiger partial charge in [-0.15, -0.1) is 0 Å². The quantitative estimate of drug-likeness (QED) is 0.608. The number of nitrogens with one attached hydrogen (secondary N) is 2. The zero-order chi connectivity index (χ0) is 21.0. The van der Waals surface area contributed by atoms with Crippen molar-refractivity contribution in [1.82, 2.24) is 0 Å². The predicted molar refractivity (Wildman–Crippen MR) is 117 cm³/mol. The van der Waals surface area contributed by atoms with Gasteiger partial charge in [0.15, 0.2) is 0 Å². The number of hydrogen-bond acceptors (Lipinski definition) is 3. The largest absolute Gasteiger partial charge is 0.322 e. The van der Waals surface area contributed by atoms with Crippen LogP contribution in [0.15, 0.2) is 71.6 Å².